The summed E-state index contributed by atoms with van der Waals surface area (Å²) >= 11 is 0. The maximum atomic E-state index is 11.8. The number of anilines is 1. The van der Waals surface area contributed by atoms with Crippen molar-refractivity contribution in [3.05, 3.63) is 11.4 Å². The molecule has 0 aliphatic carbocycles. The number of ether oxygens (including phenoxy) is 1. The number of hydrogen-bond acceptors (Lipinski definition) is 4. The number of aryl methyl sites for hydroxylation is 1. The molecule has 1 aromatic rings. The summed E-state index contributed by atoms with van der Waals surface area (Å²) in [6.07, 6.45) is 0.209. The molecule has 6 heteroatoms. The first-order valence-corrected chi connectivity index (χ1v) is 6.88. The van der Waals surface area contributed by atoms with Crippen LogP contribution < -0.4 is 5.32 Å². The standard InChI is InChI=1S/C14H23N3O3/c1-6-20-13(19)8-7-12(18)15-14-10(4)16-17(9(2)3)11(14)5/h9H,6-8H2,1-5H3,(H,15,18). The molecule has 0 spiro atoms. The van der Waals surface area contributed by atoms with Crippen molar-refractivity contribution < 1.29 is 14.3 Å². The number of amides is 1. The first kappa shape index (κ1) is 16.2. The van der Waals surface area contributed by atoms with Gasteiger partial charge >= 0.3 is 5.97 Å². The molecule has 0 fully saturated rings. The summed E-state index contributed by atoms with van der Waals surface area (Å²) in [4.78, 5) is 23.1. The summed E-state index contributed by atoms with van der Waals surface area (Å²) in [5, 5.41) is 7.22. The summed E-state index contributed by atoms with van der Waals surface area (Å²) in [7, 11) is 0. The van der Waals surface area contributed by atoms with Gasteiger partial charge in [-0.3, -0.25) is 14.3 Å². The second-order valence-electron chi connectivity index (χ2n) is 4.94. The number of carbonyl (C=O) groups is 2. The van der Waals surface area contributed by atoms with Crippen LogP contribution in [0.25, 0.3) is 0 Å². The molecular formula is C14H23N3O3. The third-order valence-corrected chi connectivity index (χ3v) is 2.94. The molecule has 0 saturated carbocycles. The summed E-state index contributed by atoms with van der Waals surface area (Å²) in [6, 6.07) is 0.235. The average molecular weight is 281 g/mol. The number of carbonyl (C=O) groups excluding carboxylic acids is 2. The Morgan fingerprint density at radius 1 is 1.30 bits per heavy atom. The minimum Gasteiger partial charge on any atom is -0.466 e. The molecule has 0 aliphatic heterocycles. The van der Waals surface area contributed by atoms with Gasteiger partial charge in [0.15, 0.2) is 0 Å². The van der Waals surface area contributed by atoms with E-state index in [1.54, 1.807) is 6.92 Å². The van der Waals surface area contributed by atoms with E-state index in [0.29, 0.717) is 6.61 Å². The summed E-state index contributed by atoms with van der Waals surface area (Å²) in [6.45, 7) is 9.91. The molecule has 0 radical (unpaired) electrons. The number of aromatic nitrogens is 2. The molecule has 0 aromatic carbocycles. The van der Waals surface area contributed by atoms with Crippen LogP contribution in [0.3, 0.4) is 0 Å². The van der Waals surface area contributed by atoms with E-state index in [1.165, 1.54) is 0 Å². The highest BCUT2D eigenvalue weighted by Crippen LogP contribution is 2.22. The normalized spacial score (nSPS) is 10.7. The van der Waals surface area contributed by atoms with E-state index in [9.17, 15) is 9.59 Å². The van der Waals surface area contributed by atoms with E-state index in [1.807, 2.05) is 32.4 Å². The largest absolute Gasteiger partial charge is 0.466 e. The van der Waals surface area contributed by atoms with Crippen LogP contribution >= 0.6 is 0 Å². The Labute approximate surface area is 119 Å². The van der Waals surface area contributed by atoms with Crippen LogP contribution in [0.1, 0.15) is 51.0 Å². The maximum absolute atomic E-state index is 11.8. The Balaban J connectivity index is 2.65. The van der Waals surface area contributed by atoms with E-state index >= 15 is 0 Å². The van der Waals surface area contributed by atoms with Gasteiger partial charge < -0.3 is 10.1 Å². The number of rotatable bonds is 6. The molecular weight excluding hydrogens is 258 g/mol. The lowest BCUT2D eigenvalue weighted by Crippen LogP contribution is -2.15. The van der Waals surface area contributed by atoms with E-state index < -0.39 is 0 Å². The monoisotopic (exact) mass is 281 g/mol. The highest BCUT2D eigenvalue weighted by Gasteiger charge is 2.16. The minimum absolute atomic E-state index is 0.0933. The molecule has 6 nitrogen and oxygen atoms in total. The lowest BCUT2D eigenvalue weighted by Gasteiger charge is -2.09. The Morgan fingerprint density at radius 3 is 2.45 bits per heavy atom. The maximum Gasteiger partial charge on any atom is 0.306 e. The lowest BCUT2D eigenvalue weighted by molar-refractivity contribution is -0.144. The van der Waals surface area contributed by atoms with E-state index in [2.05, 4.69) is 10.4 Å². The van der Waals surface area contributed by atoms with Crippen molar-refractivity contribution in [2.45, 2.75) is 53.5 Å². The van der Waals surface area contributed by atoms with Crippen LogP contribution in [-0.2, 0) is 14.3 Å². The number of nitrogens with zero attached hydrogens (tertiary/aromatic N) is 2. The van der Waals surface area contributed by atoms with Crippen LogP contribution in [0.2, 0.25) is 0 Å². The molecule has 0 unspecified atom stereocenters. The zero-order chi connectivity index (χ0) is 15.3. The van der Waals surface area contributed by atoms with Crippen molar-refractivity contribution in [3.8, 4) is 0 Å². The van der Waals surface area contributed by atoms with Crippen molar-refractivity contribution in [2.24, 2.45) is 0 Å². The number of esters is 1. The molecule has 1 rings (SSSR count). The van der Waals surface area contributed by atoms with Crippen LogP contribution in [0.4, 0.5) is 5.69 Å². The van der Waals surface area contributed by atoms with Crippen molar-refractivity contribution >= 4 is 17.6 Å². The molecule has 1 heterocycles. The number of hydrogen-bond donors (Lipinski definition) is 1. The molecule has 1 N–H and O–H groups in total. The van der Waals surface area contributed by atoms with E-state index in [4.69, 9.17) is 4.74 Å². The summed E-state index contributed by atoms with van der Waals surface area (Å²) < 4.78 is 6.66. The molecule has 0 bridgehead atoms. The number of nitrogens with one attached hydrogen (secondary N) is 1. The van der Waals surface area contributed by atoms with Gasteiger partial charge in [-0.05, 0) is 34.6 Å². The van der Waals surface area contributed by atoms with Gasteiger partial charge in [0.05, 0.1) is 30.1 Å². The van der Waals surface area contributed by atoms with Gasteiger partial charge in [-0.25, -0.2) is 0 Å². The highest BCUT2D eigenvalue weighted by atomic mass is 16.5. The highest BCUT2D eigenvalue weighted by molar-refractivity contribution is 5.93. The van der Waals surface area contributed by atoms with Crippen molar-refractivity contribution in [3.63, 3.8) is 0 Å². The molecule has 0 aliphatic rings. The fourth-order valence-corrected chi connectivity index (χ4v) is 2.00. The Hall–Kier alpha value is -1.85. The molecule has 1 amide bonds. The lowest BCUT2D eigenvalue weighted by atomic mass is 10.2. The topological polar surface area (TPSA) is 73.2 Å². The molecule has 20 heavy (non-hydrogen) atoms. The van der Waals surface area contributed by atoms with Gasteiger partial charge in [-0.1, -0.05) is 0 Å². The Bertz CT molecular complexity index is 492. The van der Waals surface area contributed by atoms with Crippen molar-refractivity contribution in [2.75, 3.05) is 11.9 Å². The third kappa shape index (κ3) is 4.08. The molecule has 0 saturated heterocycles. The predicted octanol–water partition coefficient (Wildman–Crippen LogP) is 2.36. The smallest absolute Gasteiger partial charge is 0.306 e. The SMILES string of the molecule is CCOC(=O)CCC(=O)Nc1c(C)nn(C(C)C)c1C. The zero-order valence-electron chi connectivity index (χ0n) is 12.8. The zero-order valence-corrected chi connectivity index (χ0v) is 12.8. The van der Waals surface area contributed by atoms with Gasteiger partial charge in [0.1, 0.15) is 0 Å². The first-order chi connectivity index (χ1) is 9.36. The molecule has 1 aromatic heterocycles. The van der Waals surface area contributed by atoms with E-state index in [-0.39, 0.29) is 30.8 Å². The third-order valence-electron chi connectivity index (χ3n) is 2.94. The van der Waals surface area contributed by atoms with Gasteiger partial charge in [-0.2, -0.15) is 5.10 Å². The Kier molecular flexibility index (Phi) is 5.73. The quantitative estimate of drug-likeness (QED) is 0.812. The van der Waals surface area contributed by atoms with Gasteiger partial charge in [0.25, 0.3) is 0 Å². The van der Waals surface area contributed by atoms with Gasteiger partial charge in [0.2, 0.25) is 5.91 Å². The van der Waals surface area contributed by atoms with Crippen molar-refractivity contribution in [1.82, 2.24) is 9.78 Å². The van der Waals surface area contributed by atoms with Crippen LogP contribution in [0.15, 0.2) is 0 Å². The average Bonchev–Trinajstić information content (AvgIpc) is 2.65. The van der Waals surface area contributed by atoms with Crippen LogP contribution in [-0.4, -0.2) is 28.3 Å². The summed E-state index contributed by atoms with van der Waals surface area (Å²) in [5.41, 5.74) is 2.43. The minimum atomic E-state index is -0.353. The fourth-order valence-electron chi connectivity index (χ4n) is 2.00. The summed E-state index contributed by atoms with van der Waals surface area (Å²) in [5.74, 6) is -0.554. The first-order valence-electron chi connectivity index (χ1n) is 6.88. The van der Waals surface area contributed by atoms with E-state index in [0.717, 1.165) is 17.1 Å². The van der Waals surface area contributed by atoms with Crippen LogP contribution in [0.5, 0.6) is 0 Å². The van der Waals surface area contributed by atoms with Gasteiger partial charge in [-0.15, -0.1) is 0 Å². The van der Waals surface area contributed by atoms with Crippen molar-refractivity contribution in [1.29, 1.82) is 0 Å². The molecule has 112 valence electrons. The molecule has 0 atom stereocenters. The fraction of sp³-hybridized carbons (Fsp3) is 0.643. The Morgan fingerprint density at radius 2 is 1.95 bits per heavy atom. The predicted molar refractivity (Wildman–Crippen MR) is 76.6 cm³/mol. The van der Waals surface area contributed by atoms with Gasteiger partial charge in [0, 0.05) is 12.5 Å². The second kappa shape index (κ2) is 7.07. The second-order valence-corrected chi connectivity index (χ2v) is 4.94. The van der Waals surface area contributed by atoms with Crippen LogP contribution in [0, 0.1) is 13.8 Å².